The number of hydrogen-bond acceptors (Lipinski definition) is 4. The molecular weight excluding hydrogens is 240 g/mol. The minimum atomic E-state index is -0.345. The van der Waals surface area contributed by atoms with Crippen LogP contribution >= 0.6 is 0 Å². The number of carbonyl (C=O) groups excluding carboxylic acids is 1. The van der Waals surface area contributed by atoms with Crippen LogP contribution in [0.3, 0.4) is 0 Å². The van der Waals surface area contributed by atoms with Crippen LogP contribution in [0.1, 0.15) is 19.0 Å². The van der Waals surface area contributed by atoms with Crippen molar-refractivity contribution < 1.29 is 4.79 Å². The zero-order valence-electron chi connectivity index (χ0n) is 11.5. The molecule has 2 rings (SSSR count). The van der Waals surface area contributed by atoms with Crippen molar-refractivity contribution in [2.24, 2.45) is 5.73 Å². The zero-order valence-corrected chi connectivity index (χ0v) is 11.5. The van der Waals surface area contributed by atoms with E-state index in [1.165, 1.54) is 0 Å². The maximum atomic E-state index is 12.0. The Morgan fingerprint density at radius 3 is 2.68 bits per heavy atom. The summed E-state index contributed by atoms with van der Waals surface area (Å²) in [7, 11) is 0. The normalized spacial score (nSPS) is 18.3. The lowest BCUT2D eigenvalue weighted by Gasteiger charge is -2.35. The summed E-state index contributed by atoms with van der Waals surface area (Å²) in [4.78, 5) is 20.5. The Balaban J connectivity index is 1.81. The standard InChI is InChI=1S/C14H22N4O/c1-2-13(15)14(19)18-9-7-17(8-10-18)11-12-5-3-4-6-16-12/h3-6,13H,2,7-11,15H2,1H3/t13-/m0/s1. The Morgan fingerprint density at radius 1 is 1.37 bits per heavy atom. The number of pyridine rings is 1. The summed E-state index contributed by atoms with van der Waals surface area (Å²) < 4.78 is 0. The zero-order chi connectivity index (χ0) is 13.7. The topological polar surface area (TPSA) is 62.5 Å². The molecule has 1 fully saturated rings. The number of nitrogens with two attached hydrogens (primary N) is 1. The van der Waals surface area contributed by atoms with Crippen LogP contribution in [-0.2, 0) is 11.3 Å². The summed E-state index contributed by atoms with van der Waals surface area (Å²) in [6.07, 6.45) is 2.52. The number of rotatable bonds is 4. The van der Waals surface area contributed by atoms with E-state index in [1.807, 2.05) is 36.2 Å². The highest BCUT2D eigenvalue weighted by atomic mass is 16.2. The maximum absolute atomic E-state index is 12.0. The van der Waals surface area contributed by atoms with E-state index in [0.717, 1.165) is 38.4 Å². The molecule has 0 bridgehead atoms. The molecule has 0 saturated carbocycles. The van der Waals surface area contributed by atoms with Crippen LogP contribution in [0.15, 0.2) is 24.4 Å². The molecule has 2 heterocycles. The van der Waals surface area contributed by atoms with Gasteiger partial charge in [-0.25, -0.2) is 0 Å². The van der Waals surface area contributed by atoms with Crippen molar-refractivity contribution in [1.29, 1.82) is 0 Å². The van der Waals surface area contributed by atoms with Crippen molar-refractivity contribution in [3.63, 3.8) is 0 Å². The molecule has 5 nitrogen and oxygen atoms in total. The number of hydrogen-bond donors (Lipinski definition) is 1. The van der Waals surface area contributed by atoms with Gasteiger partial charge < -0.3 is 10.6 Å². The monoisotopic (exact) mass is 262 g/mol. The van der Waals surface area contributed by atoms with Gasteiger partial charge in [-0.1, -0.05) is 13.0 Å². The molecule has 1 amide bonds. The lowest BCUT2D eigenvalue weighted by molar-refractivity contribution is -0.134. The van der Waals surface area contributed by atoms with E-state index >= 15 is 0 Å². The smallest absolute Gasteiger partial charge is 0.239 e. The fourth-order valence-electron chi connectivity index (χ4n) is 2.26. The summed E-state index contributed by atoms with van der Waals surface area (Å²) in [5.41, 5.74) is 6.87. The van der Waals surface area contributed by atoms with E-state index in [2.05, 4.69) is 9.88 Å². The van der Waals surface area contributed by atoms with Crippen LogP contribution < -0.4 is 5.73 Å². The van der Waals surface area contributed by atoms with Crippen LogP contribution in [0.4, 0.5) is 0 Å². The molecular formula is C14H22N4O. The molecule has 0 unspecified atom stereocenters. The predicted molar refractivity (Wildman–Crippen MR) is 74.4 cm³/mol. The van der Waals surface area contributed by atoms with Gasteiger partial charge in [-0.05, 0) is 18.6 Å². The van der Waals surface area contributed by atoms with E-state index in [1.54, 1.807) is 0 Å². The average molecular weight is 262 g/mol. The highest BCUT2D eigenvalue weighted by molar-refractivity contribution is 5.81. The fraction of sp³-hybridized carbons (Fsp3) is 0.571. The second-order valence-corrected chi connectivity index (χ2v) is 4.94. The highest BCUT2D eigenvalue weighted by Crippen LogP contribution is 2.08. The third-order valence-corrected chi connectivity index (χ3v) is 3.55. The molecule has 5 heteroatoms. The first-order chi connectivity index (χ1) is 9.20. The van der Waals surface area contributed by atoms with Crippen molar-refractivity contribution in [1.82, 2.24) is 14.8 Å². The van der Waals surface area contributed by atoms with E-state index in [4.69, 9.17) is 5.73 Å². The summed E-state index contributed by atoms with van der Waals surface area (Å²) >= 11 is 0. The van der Waals surface area contributed by atoms with Crippen molar-refractivity contribution in [3.05, 3.63) is 30.1 Å². The van der Waals surface area contributed by atoms with E-state index < -0.39 is 0 Å². The first-order valence-electron chi connectivity index (χ1n) is 6.87. The van der Waals surface area contributed by atoms with E-state index in [0.29, 0.717) is 6.42 Å². The molecule has 1 aliphatic heterocycles. The third-order valence-electron chi connectivity index (χ3n) is 3.55. The number of aromatic nitrogens is 1. The van der Waals surface area contributed by atoms with Gasteiger partial charge in [0.15, 0.2) is 0 Å². The summed E-state index contributed by atoms with van der Waals surface area (Å²) in [5.74, 6) is 0.0833. The SMILES string of the molecule is CC[C@H](N)C(=O)N1CCN(Cc2ccccn2)CC1. The molecule has 1 atom stereocenters. The van der Waals surface area contributed by atoms with Crippen LogP contribution in [0.2, 0.25) is 0 Å². The Kier molecular flexibility index (Phi) is 4.87. The molecule has 0 aliphatic carbocycles. The van der Waals surface area contributed by atoms with Crippen molar-refractivity contribution >= 4 is 5.91 Å². The van der Waals surface area contributed by atoms with Gasteiger partial charge in [-0.3, -0.25) is 14.7 Å². The van der Waals surface area contributed by atoms with E-state index in [-0.39, 0.29) is 11.9 Å². The summed E-state index contributed by atoms with van der Waals surface area (Å²) in [6.45, 7) is 6.10. The van der Waals surface area contributed by atoms with E-state index in [9.17, 15) is 4.79 Å². The van der Waals surface area contributed by atoms with Crippen molar-refractivity contribution in [3.8, 4) is 0 Å². The molecule has 1 aromatic rings. The Hall–Kier alpha value is -1.46. The van der Waals surface area contributed by atoms with Crippen molar-refractivity contribution in [2.45, 2.75) is 25.9 Å². The second kappa shape index (κ2) is 6.63. The van der Waals surface area contributed by atoms with Gasteiger partial charge in [0.25, 0.3) is 0 Å². The Labute approximate surface area is 114 Å². The van der Waals surface area contributed by atoms with Gasteiger partial charge in [0.2, 0.25) is 5.91 Å². The lowest BCUT2D eigenvalue weighted by Crippen LogP contribution is -2.52. The van der Waals surface area contributed by atoms with Crippen LogP contribution in [0, 0.1) is 0 Å². The average Bonchev–Trinajstić information content (AvgIpc) is 2.47. The van der Waals surface area contributed by atoms with Gasteiger partial charge in [0.1, 0.15) is 0 Å². The molecule has 1 saturated heterocycles. The van der Waals surface area contributed by atoms with Gasteiger partial charge >= 0.3 is 0 Å². The lowest BCUT2D eigenvalue weighted by atomic mass is 10.2. The van der Waals surface area contributed by atoms with Gasteiger partial charge in [-0.15, -0.1) is 0 Å². The quantitative estimate of drug-likeness (QED) is 0.856. The largest absolute Gasteiger partial charge is 0.339 e. The molecule has 19 heavy (non-hydrogen) atoms. The number of carbonyl (C=O) groups is 1. The Morgan fingerprint density at radius 2 is 2.11 bits per heavy atom. The number of amides is 1. The maximum Gasteiger partial charge on any atom is 0.239 e. The minimum Gasteiger partial charge on any atom is -0.339 e. The fourth-order valence-corrected chi connectivity index (χ4v) is 2.26. The molecule has 0 spiro atoms. The van der Waals surface area contributed by atoms with Gasteiger partial charge in [0, 0.05) is 38.9 Å². The molecule has 0 radical (unpaired) electrons. The minimum absolute atomic E-state index is 0.0833. The summed E-state index contributed by atoms with van der Waals surface area (Å²) in [5, 5.41) is 0. The second-order valence-electron chi connectivity index (χ2n) is 4.94. The molecule has 0 aromatic carbocycles. The Bertz CT molecular complexity index is 401. The molecule has 1 aliphatic rings. The molecule has 2 N–H and O–H groups in total. The third kappa shape index (κ3) is 3.75. The molecule has 1 aromatic heterocycles. The number of nitrogens with zero attached hydrogens (tertiary/aromatic N) is 3. The van der Waals surface area contributed by atoms with Crippen molar-refractivity contribution in [2.75, 3.05) is 26.2 Å². The van der Waals surface area contributed by atoms with Crippen LogP contribution in [-0.4, -0.2) is 52.9 Å². The van der Waals surface area contributed by atoms with Crippen LogP contribution in [0.25, 0.3) is 0 Å². The van der Waals surface area contributed by atoms with Gasteiger partial charge in [0.05, 0.1) is 11.7 Å². The molecule has 104 valence electrons. The number of piperazine rings is 1. The predicted octanol–water partition coefficient (Wildman–Crippen LogP) is 0.463. The first kappa shape index (κ1) is 14.0. The summed E-state index contributed by atoms with van der Waals surface area (Å²) in [6, 6.07) is 5.61. The first-order valence-corrected chi connectivity index (χ1v) is 6.87. The highest BCUT2D eigenvalue weighted by Gasteiger charge is 2.24. The van der Waals surface area contributed by atoms with Gasteiger partial charge in [-0.2, -0.15) is 0 Å². The van der Waals surface area contributed by atoms with Crippen LogP contribution in [0.5, 0.6) is 0 Å².